The fourth-order valence-corrected chi connectivity index (χ4v) is 4.84. The number of ether oxygens (including phenoxy) is 2. The maximum Gasteiger partial charge on any atom is 0.166 e. The van der Waals surface area contributed by atoms with Crippen LogP contribution in [0.1, 0.15) is 61.6 Å². The van der Waals surface area contributed by atoms with Crippen LogP contribution in [0.25, 0.3) is 23.3 Å². The quantitative estimate of drug-likeness (QED) is 0.155. The van der Waals surface area contributed by atoms with Crippen molar-refractivity contribution in [3.63, 3.8) is 0 Å². The summed E-state index contributed by atoms with van der Waals surface area (Å²) in [5.41, 5.74) is 2.63. The van der Waals surface area contributed by atoms with Crippen LogP contribution in [0.3, 0.4) is 0 Å². The summed E-state index contributed by atoms with van der Waals surface area (Å²) < 4.78 is 55.6. The number of halogens is 3. The molecule has 1 aliphatic rings. The molecule has 0 N–H and O–H groups in total. The van der Waals surface area contributed by atoms with E-state index < -0.39 is 11.6 Å². The van der Waals surface area contributed by atoms with Gasteiger partial charge in [0.2, 0.25) is 0 Å². The average Bonchev–Trinajstić information content (AvgIpc) is 2.91. The SMILES string of the molecule is C=CCCOc1ccc(-c2ccc(/C=C/c3ccc(C4CCC(OCC)CC4)c(F)c3F)cc2)c(F)c1. The fraction of sp³-hybridized carbons (Fsp3) is 0.312. The second kappa shape index (κ2) is 12.8. The van der Waals surface area contributed by atoms with Crippen LogP contribution < -0.4 is 4.74 Å². The molecule has 2 nitrogen and oxygen atoms in total. The molecular formula is C32H33F3O2. The van der Waals surface area contributed by atoms with Crippen LogP contribution in [0.2, 0.25) is 0 Å². The van der Waals surface area contributed by atoms with Crippen molar-refractivity contribution in [2.24, 2.45) is 0 Å². The first-order chi connectivity index (χ1) is 18.0. The van der Waals surface area contributed by atoms with E-state index in [2.05, 4.69) is 6.58 Å². The summed E-state index contributed by atoms with van der Waals surface area (Å²) in [6, 6.07) is 15.4. The van der Waals surface area contributed by atoms with Crippen molar-refractivity contribution in [2.45, 2.75) is 51.0 Å². The van der Waals surface area contributed by atoms with Crippen LogP contribution in [0.4, 0.5) is 13.2 Å². The Hall–Kier alpha value is -3.31. The number of hydrogen-bond acceptors (Lipinski definition) is 2. The van der Waals surface area contributed by atoms with Crippen LogP contribution in [0.5, 0.6) is 5.75 Å². The van der Waals surface area contributed by atoms with E-state index in [0.29, 0.717) is 42.1 Å². The maximum absolute atomic E-state index is 14.9. The summed E-state index contributed by atoms with van der Waals surface area (Å²) in [4.78, 5) is 0. The van der Waals surface area contributed by atoms with Crippen molar-refractivity contribution in [3.8, 4) is 16.9 Å². The van der Waals surface area contributed by atoms with Gasteiger partial charge in [0.25, 0.3) is 0 Å². The minimum Gasteiger partial charge on any atom is -0.493 e. The van der Waals surface area contributed by atoms with Gasteiger partial charge in [-0.25, -0.2) is 13.2 Å². The normalized spacial score (nSPS) is 17.7. The Labute approximate surface area is 217 Å². The molecule has 0 unspecified atom stereocenters. The van der Waals surface area contributed by atoms with E-state index in [-0.39, 0.29) is 23.4 Å². The minimum absolute atomic E-state index is 0.0185. The van der Waals surface area contributed by atoms with Gasteiger partial charge in [-0.15, -0.1) is 6.58 Å². The van der Waals surface area contributed by atoms with Crippen molar-refractivity contribution in [3.05, 3.63) is 101 Å². The molecule has 0 aromatic heterocycles. The average molecular weight is 507 g/mol. The summed E-state index contributed by atoms with van der Waals surface area (Å²) in [5, 5.41) is 0. The lowest BCUT2D eigenvalue weighted by Crippen LogP contribution is -2.21. The topological polar surface area (TPSA) is 18.5 Å². The molecule has 37 heavy (non-hydrogen) atoms. The van der Waals surface area contributed by atoms with Gasteiger partial charge in [-0.3, -0.25) is 0 Å². The summed E-state index contributed by atoms with van der Waals surface area (Å²) in [5.74, 6) is -1.46. The first-order valence-corrected chi connectivity index (χ1v) is 12.9. The van der Waals surface area contributed by atoms with Crippen LogP contribution in [0, 0.1) is 17.5 Å². The zero-order valence-electron chi connectivity index (χ0n) is 21.2. The van der Waals surface area contributed by atoms with Gasteiger partial charge in [0.1, 0.15) is 11.6 Å². The highest BCUT2D eigenvalue weighted by Crippen LogP contribution is 2.36. The first-order valence-electron chi connectivity index (χ1n) is 12.9. The Kier molecular flexibility index (Phi) is 9.24. The van der Waals surface area contributed by atoms with Crippen molar-refractivity contribution >= 4 is 12.2 Å². The molecule has 0 aliphatic heterocycles. The molecule has 4 rings (SSSR count). The van der Waals surface area contributed by atoms with Crippen molar-refractivity contribution in [1.82, 2.24) is 0 Å². The van der Waals surface area contributed by atoms with E-state index in [0.717, 1.165) is 31.2 Å². The van der Waals surface area contributed by atoms with E-state index >= 15 is 0 Å². The van der Waals surface area contributed by atoms with E-state index in [1.165, 1.54) is 6.07 Å². The Morgan fingerprint density at radius 1 is 0.892 bits per heavy atom. The molecule has 0 bridgehead atoms. The highest BCUT2D eigenvalue weighted by Gasteiger charge is 2.26. The lowest BCUT2D eigenvalue weighted by molar-refractivity contribution is 0.0325. The summed E-state index contributed by atoms with van der Waals surface area (Å²) >= 11 is 0. The molecule has 1 saturated carbocycles. The van der Waals surface area contributed by atoms with Gasteiger partial charge in [-0.05, 0) is 73.8 Å². The highest BCUT2D eigenvalue weighted by molar-refractivity contribution is 5.73. The van der Waals surface area contributed by atoms with Gasteiger partial charge in [0.05, 0.1) is 12.7 Å². The largest absolute Gasteiger partial charge is 0.493 e. The molecule has 0 amide bonds. The first kappa shape index (κ1) is 26.7. The second-order valence-electron chi connectivity index (χ2n) is 9.32. The predicted octanol–water partition coefficient (Wildman–Crippen LogP) is 8.96. The Bertz CT molecular complexity index is 1230. The highest BCUT2D eigenvalue weighted by atomic mass is 19.2. The van der Waals surface area contributed by atoms with Gasteiger partial charge >= 0.3 is 0 Å². The number of hydrogen-bond donors (Lipinski definition) is 0. The third kappa shape index (κ3) is 6.72. The predicted molar refractivity (Wildman–Crippen MR) is 144 cm³/mol. The maximum atomic E-state index is 14.9. The molecule has 0 atom stereocenters. The third-order valence-corrected chi connectivity index (χ3v) is 6.87. The standard InChI is InChI=1S/C32H33F3O2/c1-3-5-20-37-27-17-19-28(30(33)21-27)23-9-6-22(7-10-23)8-11-25-14-18-29(32(35)31(25)34)24-12-15-26(16-13-24)36-4-2/h3,6-11,14,17-19,21,24,26H,1,4-5,12-13,15-16,20H2,2H3/b11-8+. The zero-order chi connectivity index (χ0) is 26.2. The summed E-state index contributed by atoms with van der Waals surface area (Å²) in [7, 11) is 0. The molecule has 5 heteroatoms. The summed E-state index contributed by atoms with van der Waals surface area (Å²) in [6.45, 7) is 6.74. The number of benzene rings is 3. The van der Waals surface area contributed by atoms with Gasteiger partial charge in [0.15, 0.2) is 11.6 Å². The molecule has 1 fully saturated rings. The van der Waals surface area contributed by atoms with E-state index in [4.69, 9.17) is 9.47 Å². The van der Waals surface area contributed by atoms with E-state index in [1.54, 1.807) is 54.6 Å². The van der Waals surface area contributed by atoms with Crippen LogP contribution in [-0.2, 0) is 4.74 Å². The third-order valence-electron chi connectivity index (χ3n) is 6.87. The van der Waals surface area contributed by atoms with Gasteiger partial charge in [-0.1, -0.05) is 54.6 Å². The summed E-state index contributed by atoms with van der Waals surface area (Å²) in [6.07, 6.45) is 9.29. The Morgan fingerprint density at radius 3 is 2.32 bits per heavy atom. The zero-order valence-corrected chi connectivity index (χ0v) is 21.2. The second-order valence-corrected chi connectivity index (χ2v) is 9.32. The monoisotopic (exact) mass is 506 g/mol. The van der Waals surface area contributed by atoms with E-state index in [9.17, 15) is 13.2 Å². The molecule has 0 radical (unpaired) electrons. The van der Waals surface area contributed by atoms with Crippen molar-refractivity contribution < 1.29 is 22.6 Å². The molecule has 0 saturated heterocycles. The smallest absolute Gasteiger partial charge is 0.166 e. The van der Waals surface area contributed by atoms with Crippen molar-refractivity contribution in [2.75, 3.05) is 13.2 Å². The fourth-order valence-electron chi connectivity index (χ4n) is 4.84. The van der Waals surface area contributed by atoms with E-state index in [1.807, 2.05) is 19.1 Å². The van der Waals surface area contributed by atoms with Gasteiger partial charge < -0.3 is 9.47 Å². The Morgan fingerprint density at radius 2 is 1.65 bits per heavy atom. The molecule has 3 aromatic carbocycles. The van der Waals surface area contributed by atoms with Gasteiger partial charge in [-0.2, -0.15) is 0 Å². The van der Waals surface area contributed by atoms with Crippen LogP contribution in [0.15, 0.2) is 67.3 Å². The Balaban J connectivity index is 1.42. The number of rotatable bonds is 10. The molecule has 0 spiro atoms. The molecule has 0 heterocycles. The van der Waals surface area contributed by atoms with Gasteiger partial charge in [0, 0.05) is 23.8 Å². The van der Waals surface area contributed by atoms with Crippen molar-refractivity contribution in [1.29, 1.82) is 0 Å². The lowest BCUT2D eigenvalue weighted by atomic mass is 9.82. The molecule has 1 aliphatic carbocycles. The molecule has 194 valence electrons. The van der Waals surface area contributed by atoms with Crippen LogP contribution in [-0.4, -0.2) is 19.3 Å². The molecule has 3 aromatic rings. The van der Waals surface area contributed by atoms with Crippen LogP contribution >= 0.6 is 0 Å². The minimum atomic E-state index is -0.824. The lowest BCUT2D eigenvalue weighted by Gasteiger charge is -2.29. The molecular weight excluding hydrogens is 473 g/mol.